The number of allylic oxidation sites excluding steroid dienone is 1. The molecule has 0 aromatic carbocycles. The summed E-state index contributed by atoms with van der Waals surface area (Å²) in [7, 11) is 1.15. The Morgan fingerprint density at radius 2 is 2.00 bits per heavy atom. The number of rotatable bonds is 5. The lowest BCUT2D eigenvalue weighted by atomic mass is 9.80. The van der Waals surface area contributed by atoms with Gasteiger partial charge in [0.15, 0.2) is 17.8 Å². The van der Waals surface area contributed by atoms with Crippen LogP contribution in [0.25, 0.3) is 0 Å². The maximum atomic E-state index is 13.0. The van der Waals surface area contributed by atoms with E-state index in [0.717, 1.165) is 21.0 Å². The van der Waals surface area contributed by atoms with E-state index in [1.165, 1.54) is 13.0 Å². The predicted octanol–water partition coefficient (Wildman–Crippen LogP) is 1.36. The van der Waals surface area contributed by atoms with Crippen molar-refractivity contribution in [1.29, 1.82) is 0 Å². The Balaban J connectivity index is 2.18. The Bertz CT molecular complexity index is 938. The summed E-state index contributed by atoms with van der Waals surface area (Å²) in [4.78, 5) is 50.3. The van der Waals surface area contributed by atoms with Gasteiger partial charge in [0.25, 0.3) is 0 Å². The smallest absolute Gasteiger partial charge is 0.339 e. The third-order valence-corrected chi connectivity index (χ3v) is 7.03. The molecule has 1 aliphatic carbocycles. The lowest BCUT2D eigenvalue weighted by Crippen LogP contribution is -2.52. The van der Waals surface area contributed by atoms with Crippen LogP contribution in [0, 0.1) is 5.92 Å². The Labute approximate surface area is 202 Å². The number of fused-ring (bicyclic) bond motifs is 3. The molecule has 34 heavy (non-hydrogen) atoms. The van der Waals surface area contributed by atoms with Crippen molar-refractivity contribution in [2.75, 3.05) is 7.11 Å². The van der Waals surface area contributed by atoms with Crippen LogP contribution in [-0.2, 0) is 42.9 Å². The first kappa shape index (κ1) is 26.2. The average Bonchev–Trinajstić information content (AvgIpc) is 3.34. The van der Waals surface area contributed by atoms with E-state index in [4.69, 9.17) is 35.3 Å². The third-order valence-electron chi connectivity index (χ3n) is 6.61. The SMILES string of the molecule is C=C1C(=O)O[C@H]2[C@H]1C(OC(=O)C(C)(O)C(C)Cl)[C@@H](OC(C)=O)C(C(=O)OC)=CCC[C@@]1(C)O[C@H]21. The van der Waals surface area contributed by atoms with E-state index in [2.05, 4.69) is 6.58 Å². The largest absolute Gasteiger partial charge is 0.466 e. The fraction of sp³-hybridized carbons (Fsp3) is 0.652. The molecule has 3 unspecified atom stereocenters. The zero-order valence-electron chi connectivity index (χ0n) is 19.7. The maximum absolute atomic E-state index is 13.0. The second kappa shape index (κ2) is 9.31. The number of halogens is 1. The van der Waals surface area contributed by atoms with Crippen molar-refractivity contribution in [3.8, 4) is 0 Å². The van der Waals surface area contributed by atoms with Crippen molar-refractivity contribution in [2.24, 2.45) is 5.92 Å². The highest BCUT2D eigenvalue weighted by atomic mass is 35.5. The Morgan fingerprint density at radius 3 is 2.56 bits per heavy atom. The van der Waals surface area contributed by atoms with Gasteiger partial charge in [0, 0.05) is 12.5 Å². The number of epoxide rings is 1. The summed E-state index contributed by atoms with van der Waals surface area (Å²) in [6.45, 7) is 9.30. The van der Waals surface area contributed by atoms with Crippen molar-refractivity contribution in [1.82, 2.24) is 0 Å². The molecule has 2 aliphatic heterocycles. The summed E-state index contributed by atoms with van der Waals surface area (Å²) in [5.41, 5.74) is -2.95. The zero-order valence-corrected chi connectivity index (χ0v) is 20.4. The fourth-order valence-electron chi connectivity index (χ4n) is 4.28. The van der Waals surface area contributed by atoms with Crippen LogP contribution in [-0.4, -0.2) is 77.1 Å². The third kappa shape index (κ3) is 4.71. The predicted molar refractivity (Wildman–Crippen MR) is 116 cm³/mol. The van der Waals surface area contributed by atoms with E-state index in [1.807, 2.05) is 6.92 Å². The molecule has 0 aromatic heterocycles. The molecule has 3 aliphatic rings. The van der Waals surface area contributed by atoms with Crippen molar-refractivity contribution in [3.05, 3.63) is 23.8 Å². The van der Waals surface area contributed by atoms with Crippen molar-refractivity contribution in [3.63, 3.8) is 0 Å². The molecule has 1 N–H and O–H groups in total. The zero-order chi connectivity index (χ0) is 25.6. The lowest BCUT2D eigenvalue weighted by molar-refractivity contribution is -0.184. The van der Waals surface area contributed by atoms with E-state index < -0.39 is 70.8 Å². The molecule has 0 spiro atoms. The number of alkyl halides is 1. The van der Waals surface area contributed by atoms with Crippen LogP contribution >= 0.6 is 11.6 Å². The molecular weight excluding hydrogens is 472 g/mol. The summed E-state index contributed by atoms with van der Waals surface area (Å²) in [6, 6.07) is 0. The highest BCUT2D eigenvalue weighted by Gasteiger charge is 2.65. The van der Waals surface area contributed by atoms with Crippen LogP contribution in [0.15, 0.2) is 23.8 Å². The topological polar surface area (TPSA) is 138 Å². The van der Waals surface area contributed by atoms with Crippen molar-refractivity contribution < 1.29 is 48.0 Å². The van der Waals surface area contributed by atoms with E-state index in [-0.39, 0.29) is 11.1 Å². The molecule has 3 rings (SSSR count). The normalized spacial score (nSPS) is 35.4. The highest BCUT2D eigenvalue weighted by Crippen LogP contribution is 2.50. The lowest BCUT2D eigenvalue weighted by Gasteiger charge is -2.35. The Hall–Kier alpha value is -2.43. The minimum absolute atomic E-state index is 0.0545. The second-order valence-corrected chi connectivity index (χ2v) is 9.78. The van der Waals surface area contributed by atoms with E-state index in [0.29, 0.717) is 12.8 Å². The van der Waals surface area contributed by atoms with E-state index >= 15 is 0 Å². The van der Waals surface area contributed by atoms with Gasteiger partial charge in [-0.3, -0.25) is 4.79 Å². The van der Waals surface area contributed by atoms with Gasteiger partial charge in [-0.1, -0.05) is 12.7 Å². The molecule has 10 nitrogen and oxygen atoms in total. The Kier molecular flexibility index (Phi) is 7.17. The molecule has 0 radical (unpaired) electrons. The van der Waals surface area contributed by atoms with Gasteiger partial charge in [0.05, 0.1) is 29.6 Å². The summed E-state index contributed by atoms with van der Waals surface area (Å²) >= 11 is 5.98. The molecule has 0 amide bonds. The second-order valence-electron chi connectivity index (χ2n) is 9.13. The van der Waals surface area contributed by atoms with Gasteiger partial charge < -0.3 is 28.8 Å². The van der Waals surface area contributed by atoms with Gasteiger partial charge in [-0.2, -0.15) is 0 Å². The fourth-order valence-corrected chi connectivity index (χ4v) is 4.37. The van der Waals surface area contributed by atoms with E-state index in [1.54, 1.807) is 0 Å². The molecular formula is C23H29ClO10. The van der Waals surface area contributed by atoms with Crippen LogP contribution < -0.4 is 0 Å². The van der Waals surface area contributed by atoms with Crippen molar-refractivity contribution >= 4 is 35.5 Å². The van der Waals surface area contributed by atoms with Gasteiger partial charge in [0.2, 0.25) is 0 Å². The molecule has 8 atom stereocenters. The average molecular weight is 501 g/mol. The summed E-state index contributed by atoms with van der Waals surface area (Å²) in [6.07, 6.45) is -2.12. The summed E-state index contributed by atoms with van der Waals surface area (Å²) in [5, 5.41) is 9.54. The Morgan fingerprint density at radius 1 is 1.35 bits per heavy atom. The monoisotopic (exact) mass is 500 g/mol. The summed E-state index contributed by atoms with van der Waals surface area (Å²) in [5.74, 6) is -4.55. The highest BCUT2D eigenvalue weighted by molar-refractivity contribution is 6.22. The quantitative estimate of drug-likeness (QED) is 0.193. The van der Waals surface area contributed by atoms with Crippen LogP contribution in [0.4, 0.5) is 0 Å². The van der Waals surface area contributed by atoms with Crippen LogP contribution in [0.2, 0.25) is 0 Å². The first-order valence-corrected chi connectivity index (χ1v) is 11.3. The van der Waals surface area contributed by atoms with Crippen LogP contribution in [0.1, 0.15) is 40.5 Å². The summed E-state index contributed by atoms with van der Waals surface area (Å²) < 4.78 is 27.4. The van der Waals surface area contributed by atoms with Gasteiger partial charge in [-0.05, 0) is 33.6 Å². The van der Waals surface area contributed by atoms with Gasteiger partial charge in [-0.25, -0.2) is 14.4 Å². The minimum Gasteiger partial charge on any atom is -0.466 e. The van der Waals surface area contributed by atoms with Gasteiger partial charge in [-0.15, -0.1) is 11.6 Å². The number of aliphatic hydroxyl groups is 1. The van der Waals surface area contributed by atoms with Crippen LogP contribution in [0.5, 0.6) is 0 Å². The molecule has 11 heteroatoms. The first-order chi connectivity index (χ1) is 15.7. The maximum Gasteiger partial charge on any atom is 0.339 e. The molecule has 0 bridgehead atoms. The number of carbonyl (C=O) groups excluding carboxylic acids is 4. The number of hydrogen-bond acceptors (Lipinski definition) is 10. The van der Waals surface area contributed by atoms with E-state index in [9.17, 15) is 24.3 Å². The molecule has 0 aromatic rings. The number of methoxy groups -OCH3 is 1. The number of hydrogen-bond donors (Lipinski definition) is 1. The molecule has 2 fully saturated rings. The first-order valence-electron chi connectivity index (χ1n) is 10.8. The standard InChI is InChI=1S/C23H29ClO10/c1-10-14-16(33-21(28)23(5,29)11(2)24)15(31-12(3)25)13(20(27)30-6)8-7-9-22(4)18(34-22)17(14)32-19(10)26/h8,11,14-18,29H,1,7,9H2,2-6H3/t11?,14-,15+,16?,17+,18-,22-,23?/m1/s1. The van der Waals surface area contributed by atoms with Gasteiger partial charge in [0.1, 0.15) is 12.2 Å². The number of esters is 4. The molecule has 188 valence electrons. The van der Waals surface area contributed by atoms with Gasteiger partial charge >= 0.3 is 23.9 Å². The number of carbonyl (C=O) groups is 4. The molecule has 2 heterocycles. The van der Waals surface area contributed by atoms with Crippen molar-refractivity contribution in [2.45, 2.75) is 81.5 Å². The number of ether oxygens (including phenoxy) is 5. The molecule has 0 saturated carbocycles. The molecule has 2 saturated heterocycles. The minimum atomic E-state index is -2.14. The van der Waals surface area contributed by atoms with Crippen LogP contribution in [0.3, 0.4) is 0 Å².